The summed E-state index contributed by atoms with van der Waals surface area (Å²) in [5.41, 5.74) is 2.85. The second-order valence-corrected chi connectivity index (χ2v) is 6.43. The summed E-state index contributed by atoms with van der Waals surface area (Å²) in [6.45, 7) is 10.7. The van der Waals surface area contributed by atoms with E-state index in [1.54, 1.807) is 0 Å². The topological polar surface area (TPSA) is 21.3 Å². The van der Waals surface area contributed by atoms with Crippen molar-refractivity contribution in [2.75, 3.05) is 13.2 Å². The number of morpholine rings is 1. The molecular formula is C17H27NO. The molecule has 2 atom stereocenters. The predicted octanol–water partition coefficient (Wildman–Crippen LogP) is 3.71. The van der Waals surface area contributed by atoms with E-state index in [4.69, 9.17) is 4.74 Å². The number of benzene rings is 1. The Morgan fingerprint density at radius 1 is 1.32 bits per heavy atom. The van der Waals surface area contributed by atoms with Crippen molar-refractivity contribution in [2.24, 2.45) is 5.92 Å². The minimum absolute atomic E-state index is 0.147. The van der Waals surface area contributed by atoms with Crippen LogP contribution in [0.3, 0.4) is 0 Å². The molecule has 0 radical (unpaired) electrons. The van der Waals surface area contributed by atoms with Crippen LogP contribution in [0.1, 0.15) is 51.3 Å². The van der Waals surface area contributed by atoms with E-state index in [1.807, 2.05) is 0 Å². The second kappa shape index (κ2) is 6.06. The van der Waals surface area contributed by atoms with Gasteiger partial charge in [-0.2, -0.15) is 0 Å². The third-order valence-electron chi connectivity index (χ3n) is 4.09. The number of ether oxygens (including phenoxy) is 1. The van der Waals surface area contributed by atoms with Crippen molar-refractivity contribution in [3.63, 3.8) is 0 Å². The highest BCUT2D eigenvalue weighted by Crippen LogP contribution is 2.25. The summed E-state index contributed by atoms with van der Waals surface area (Å²) in [5.74, 6) is 0.712. The lowest BCUT2D eigenvalue weighted by Crippen LogP contribution is -2.52. The second-order valence-electron chi connectivity index (χ2n) is 6.43. The van der Waals surface area contributed by atoms with Gasteiger partial charge in [0.25, 0.3) is 0 Å². The molecule has 1 aromatic carbocycles. The fraction of sp³-hybridized carbons (Fsp3) is 0.647. The molecule has 1 fully saturated rings. The van der Waals surface area contributed by atoms with Gasteiger partial charge in [-0.3, -0.25) is 0 Å². The largest absolute Gasteiger partial charge is 0.370 e. The van der Waals surface area contributed by atoms with E-state index in [-0.39, 0.29) is 11.6 Å². The van der Waals surface area contributed by atoms with Gasteiger partial charge in [-0.05, 0) is 36.8 Å². The Morgan fingerprint density at radius 3 is 2.47 bits per heavy atom. The van der Waals surface area contributed by atoms with E-state index in [0.29, 0.717) is 5.92 Å². The van der Waals surface area contributed by atoms with Gasteiger partial charge in [0, 0.05) is 12.1 Å². The van der Waals surface area contributed by atoms with Crippen molar-refractivity contribution < 1.29 is 4.74 Å². The maximum absolute atomic E-state index is 6.03. The molecule has 2 rings (SSSR count). The van der Waals surface area contributed by atoms with Crippen LogP contribution >= 0.6 is 0 Å². The van der Waals surface area contributed by atoms with Crippen molar-refractivity contribution in [2.45, 2.75) is 52.2 Å². The molecule has 1 aliphatic heterocycles. The van der Waals surface area contributed by atoms with Crippen LogP contribution in [-0.4, -0.2) is 18.7 Å². The highest BCUT2D eigenvalue weighted by molar-refractivity contribution is 5.25. The Bertz CT molecular complexity index is 388. The summed E-state index contributed by atoms with van der Waals surface area (Å²) in [4.78, 5) is 0. The molecule has 1 heterocycles. The molecule has 1 saturated heterocycles. The molecule has 2 heteroatoms. The third-order valence-corrected chi connectivity index (χ3v) is 4.09. The zero-order valence-electron chi connectivity index (χ0n) is 12.7. The molecule has 2 nitrogen and oxygen atoms in total. The predicted molar refractivity (Wildman–Crippen MR) is 80.4 cm³/mol. The zero-order chi connectivity index (χ0) is 13.9. The van der Waals surface area contributed by atoms with E-state index in [0.717, 1.165) is 26.0 Å². The lowest BCUT2D eigenvalue weighted by atomic mass is 9.95. The Morgan fingerprint density at radius 2 is 2.00 bits per heavy atom. The molecule has 19 heavy (non-hydrogen) atoms. The van der Waals surface area contributed by atoms with Crippen LogP contribution in [0, 0.1) is 5.92 Å². The fourth-order valence-corrected chi connectivity index (χ4v) is 2.51. The van der Waals surface area contributed by atoms with Gasteiger partial charge in [-0.25, -0.2) is 0 Å². The molecule has 0 aliphatic carbocycles. The van der Waals surface area contributed by atoms with E-state index >= 15 is 0 Å². The van der Waals surface area contributed by atoms with Gasteiger partial charge in [0.1, 0.15) is 0 Å². The molecule has 106 valence electrons. The minimum Gasteiger partial charge on any atom is -0.370 e. The van der Waals surface area contributed by atoms with Gasteiger partial charge >= 0.3 is 0 Å². The van der Waals surface area contributed by atoms with Crippen molar-refractivity contribution in [1.29, 1.82) is 0 Å². The summed E-state index contributed by atoms with van der Waals surface area (Å²) in [6, 6.07) is 8.93. The van der Waals surface area contributed by atoms with E-state index < -0.39 is 0 Å². The first-order chi connectivity index (χ1) is 9.02. The van der Waals surface area contributed by atoms with Gasteiger partial charge in [0.2, 0.25) is 0 Å². The average molecular weight is 261 g/mol. The SMILES string of the molecule is CCC1(C)COC(c2ccc(CC(C)C)cc2)CN1. The van der Waals surface area contributed by atoms with Crippen LogP contribution in [-0.2, 0) is 11.2 Å². The molecule has 0 amide bonds. The van der Waals surface area contributed by atoms with Gasteiger partial charge in [-0.15, -0.1) is 0 Å². The molecule has 0 spiro atoms. The first kappa shape index (κ1) is 14.5. The maximum Gasteiger partial charge on any atom is 0.0950 e. The van der Waals surface area contributed by atoms with Crippen LogP contribution in [0.2, 0.25) is 0 Å². The monoisotopic (exact) mass is 261 g/mol. The third kappa shape index (κ3) is 3.80. The average Bonchev–Trinajstić information content (AvgIpc) is 2.40. The summed E-state index contributed by atoms with van der Waals surface area (Å²) in [5, 5.41) is 3.62. The number of nitrogens with one attached hydrogen (secondary N) is 1. The Labute approximate surface area is 117 Å². The molecule has 0 saturated carbocycles. The normalized spacial score (nSPS) is 27.7. The highest BCUT2D eigenvalue weighted by Gasteiger charge is 2.30. The zero-order valence-corrected chi connectivity index (χ0v) is 12.7. The number of rotatable bonds is 4. The standard InChI is InChI=1S/C17H27NO/c1-5-17(4)12-19-16(11-18-17)15-8-6-14(7-9-15)10-13(2)3/h6-9,13,16,18H,5,10-12H2,1-4H3. The van der Waals surface area contributed by atoms with Gasteiger partial charge < -0.3 is 10.1 Å². The van der Waals surface area contributed by atoms with Crippen molar-refractivity contribution >= 4 is 0 Å². The maximum atomic E-state index is 6.03. The van der Waals surface area contributed by atoms with Crippen LogP contribution in [0.5, 0.6) is 0 Å². The van der Waals surface area contributed by atoms with Crippen LogP contribution < -0.4 is 5.32 Å². The van der Waals surface area contributed by atoms with Crippen molar-refractivity contribution in [3.05, 3.63) is 35.4 Å². The lowest BCUT2D eigenvalue weighted by Gasteiger charge is -2.38. The molecule has 1 N–H and O–H groups in total. The molecular weight excluding hydrogens is 234 g/mol. The Hall–Kier alpha value is -0.860. The van der Waals surface area contributed by atoms with Crippen LogP contribution in [0.15, 0.2) is 24.3 Å². The number of hydrogen-bond donors (Lipinski definition) is 1. The van der Waals surface area contributed by atoms with E-state index in [9.17, 15) is 0 Å². The van der Waals surface area contributed by atoms with Crippen LogP contribution in [0.25, 0.3) is 0 Å². The summed E-state index contributed by atoms with van der Waals surface area (Å²) in [6.07, 6.45) is 2.46. The molecule has 0 bridgehead atoms. The first-order valence-electron chi connectivity index (χ1n) is 7.48. The quantitative estimate of drug-likeness (QED) is 0.892. The Balaban J connectivity index is 1.96. The molecule has 0 aromatic heterocycles. The summed E-state index contributed by atoms with van der Waals surface area (Å²) in [7, 11) is 0. The fourth-order valence-electron chi connectivity index (χ4n) is 2.51. The van der Waals surface area contributed by atoms with Gasteiger partial charge in [0.05, 0.1) is 12.7 Å². The van der Waals surface area contributed by atoms with E-state index in [1.165, 1.54) is 11.1 Å². The van der Waals surface area contributed by atoms with Gasteiger partial charge in [-0.1, -0.05) is 45.0 Å². The molecule has 2 unspecified atom stereocenters. The smallest absolute Gasteiger partial charge is 0.0950 e. The Kier molecular flexibility index (Phi) is 4.64. The van der Waals surface area contributed by atoms with Crippen molar-refractivity contribution in [1.82, 2.24) is 5.32 Å². The minimum atomic E-state index is 0.147. The molecule has 1 aliphatic rings. The van der Waals surface area contributed by atoms with Crippen LogP contribution in [0.4, 0.5) is 0 Å². The van der Waals surface area contributed by atoms with Gasteiger partial charge in [0.15, 0.2) is 0 Å². The highest BCUT2D eigenvalue weighted by atomic mass is 16.5. The molecule has 1 aromatic rings. The van der Waals surface area contributed by atoms with E-state index in [2.05, 4.69) is 57.3 Å². The number of hydrogen-bond acceptors (Lipinski definition) is 2. The van der Waals surface area contributed by atoms with Crippen molar-refractivity contribution in [3.8, 4) is 0 Å². The lowest BCUT2D eigenvalue weighted by molar-refractivity contribution is -0.0299. The summed E-state index contributed by atoms with van der Waals surface area (Å²) < 4.78 is 6.03. The first-order valence-corrected chi connectivity index (χ1v) is 7.48. The summed E-state index contributed by atoms with van der Waals surface area (Å²) >= 11 is 0.